The van der Waals surface area contributed by atoms with E-state index in [0.29, 0.717) is 30.0 Å². The van der Waals surface area contributed by atoms with Crippen LogP contribution in [0.1, 0.15) is 48.5 Å². The fourth-order valence-corrected chi connectivity index (χ4v) is 5.25. The minimum absolute atomic E-state index is 0.176. The summed E-state index contributed by atoms with van der Waals surface area (Å²) in [5.41, 5.74) is 2.07. The Morgan fingerprint density at radius 1 is 0.867 bits per heavy atom. The topological polar surface area (TPSA) is 95.6 Å². The van der Waals surface area contributed by atoms with Gasteiger partial charge in [-0.15, -0.1) is 0 Å². The molecular formula is C22H27N3O4S. The number of amides is 2. The molecule has 0 aliphatic carbocycles. The molecular weight excluding hydrogens is 402 g/mol. The average molecular weight is 430 g/mol. The second kappa shape index (κ2) is 9.40. The van der Waals surface area contributed by atoms with Gasteiger partial charge in [-0.3, -0.25) is 9.59 Å². The zero-order valence-electron chi connectivity index (χ0n) is 17.3. The zero-order valence-corrected chi connectivity index (χ0v) is 18.1. The molecule has 30 heavy (non-hydrogen) atoms. The van der Waals surface area contributed by atoms with Crippen LogP contribution >= 0.6 is 0 Å². The molecule has 0 aromatic heterocycles. The van der Waals surface area contributed by atoms with Gasteiger partial charge < -0.3 is 10.6 Å². The van der Waals surface area contributed by atoms with Crippen LogP contribution in [0, 0.1) is 6.92 Å². The van der Waals surface area contributed by atoms with Crippen LogP contribution in [0.5, 0.6) is 0 Å². The predicted octanol–water partition coefficient (Wildman–Crippen LogP) is 3.77. The number of nitrogens with one attached hydrogen (secondary N) is 2. The van der Waals surface area contributed by atoms with Crippen LogP contribution in [-0.2, 0) is 14.8 Å². The largest absolute Gasteiger partial charge is 0.326 e. The molecule has 0 unspecified atom stereocenters. The molecule has 0 atom stereocenters. The van der Waals surface area contributed by atoms with E-state index in [1.165, 1.54) is 17.3 Å². The van der Waals surface area contributed by atoms with Crippen LogP contribution in [0.2, 0.25) is 0 Å². The maximum Gasteiger partial charge on any atom is 0.255 e. The summed E-state index contributed by atoms with van der Waals surface area (Å²) < 4.78 is 27.9. The highest BCUT2D eigenvalue weighted by Gasteiger charge is 2.27. The third-order valence-corrected chi connectivity index (χ3v) is 7.14. The second-order valence-corrected chi connectivity index (χ2v) is 9.42. The van der Waals surface area contributed by atoms with Crippen LogP contribution in [0.15, 0.2) is 47.4 Å². The Morgan fingerprint density at radius 2 is 1.43 bits per heavy atom. The lowest BCUT2D eigenvalue weighted by Gasteiger charge is -2.21. The lowest BCUT2D eigenvalue weighted by atomic mass is 10.1. The first-order valence-electron chi connectivity index (χ1n) is 10.1. The molecule has 0 radical (unpaired) electrons. The third-order valence-electron chi connectivity index (χ3n) is 5.10. The lowest BCUT2D eigenvalue weighted by Crippen LogP contribution is -2.32. The van der Waals surface area contributed by atoms with Gasteiger partial charge in [-0.2, -0.15) is 4.31 Å². The number of carbonyl (C=O) groups is 2. The van der Waals surface area contributed by atoms with Crippen molar-refractivity contribution in [2.45, 2.75) is 44.4 Å². The summed E-state index contributed by atoms with van der Waals surface area (Å²) in [6, 6.07) is 11.5. The molecule has 0 bridgehead atoms. The van der Waals surface area contributed by atoms with Gasteiger partial charge in [0.15, 0.2) is 0 Å². The fraction of sp³-hybridized carbons (Fsp3) is 0.364. The maximum atomic E-state index is 13.2. The molecule has 1 saturated heterocycles. The first-order chi connectivity index (χ1) is 14.3. The minimum Gasteiger partial charge on any atom is -0.326 e. The van der Waals surface area contributed by atoms with E-state index in [4.69, 9.17) is 0 Å². The second-order valence-electron chi connectivity index (χ2n) is 7.51. The third kappa shape index (κ3) is 5.25. The Kier molecular flexibility index (Phi) is 6.89. The van der Waals surface area contributed by atoms with Crippen molar-refractivity contribution in [1.82, 2.24) is 4.31 Å². The van der Waals surface area contributed by atoms with Gasteiger partial charge in [0, 0.05) is 37.0 Å². The summed E-state index contributed by atoms with van der Waals surface area (Å²) in [6.07, 6.45) is 3.78. The van der Waals surface area contributed by atoms with Crippen molar-refractivity contribution in [3.8, 4) is 0 Å². The molecule has 1 heterocycles. The molecule has 160 valence electrons. The van der Waals surface area contributed by atoms with E-state index in [9.17, 15) is 18.0 Å². The normalized spacial score (nSPS) is 15.3. The number of carbonyl (C=O) groups excluding carboxylic acids is 2. The number of sulfonamides is 1. The van der Waals surface area contributed by atoms with Crippen LogP contribution in [0.4, 0.5) is 11.4 Å². The number of aryl methyl sites for hydroxylation is 1. The van der Waals surface area contributed by atoms with E-state index in [2.05, 4.69) is 10.6 Å². The molecule has 0 spiro atoms. The fourth-order valence-electron chi connectivity index (χ4n) is 3.48. The SMILES string of the molecule is CC(=O)Nc1ccc(NC(=O)c2ccc(C)c(S(=O)(=O)N3CCCCCC3)c2)cc1. The predicted molar refractivity (Wildman–Crippen MR) is 117 cm³/mol. The summed E-state index contributed by atoms with van der Waals surface area (Å²) in [5, 5.41) is 5.43. The Balaban J connectivity index is 1.80. The molecule has 1 aliphatic rings. The molecule has 7 nitrogen and oxygen atoms in total. The maximum absolute atomic E-state index is 13.2. The highest BCUT2D eigenvalue weighted by molar-refractivity contribution is 7.89. The summed E-state index contributed by atoms with van der Waals surface area (Å²) in [5.74, 6) is -0.570. The summed E-state index contributed by atoms with van der Waals surface area (Å²) in [6.45, 7) is 4.19. The van der Waals surface area contributed by atoms with Crippen molar-refractivity contribution in [3.05, 3.63) is 53.6 Å². The van der Waals surface area contributed by atoms with Crippen molar-refractivity contribution >= 4 is 33.2 Å². The Labute approximate surface area is 177 Å². The van der Waals surface area contributed by atoms with Crippen molar-refractivity contribution in [3.63, 3.8) is 0 Å². The number of anilines is 2. The van der Waals surface area contributed by atoms with Gasteiger partial charge in [-0.25, -0.2) is 8.42 Å². The number of rotatable bonds is 5. The van der Waals surface area contributed by atoms with E-state index in [1.54, 1.807) is 43.3 Å². The van der Waals surface area contributed by atoms with Crippen molar-refractivity contribution < 1.29 is 18.0 Å². The van der Waals surface area contributed by atoms with Crippen LogP contribution in [0.25, 0.3) is 0 Å². The highest BCUT2D eigenvalue weighted by atomic mass is 32.2. The van der Waals surface area contributed by atoms with Crippen molar-refractivity contribution in [1.29, 1.82) is 0 Å². The lowest BCUT2D eigenvalue weighted by molar-refractivity contribution is -0.114. The van der Waals surface area contributed by atoms with Gasteiger partial charge in [-0.05, 0) is 61.7 Å². The van der Waals surface area contributed by atoms with Gasteiger partial charge in [0.05, 0.1) is 4.90 Å². The number of hydrogen-bond acceptors (Lipinski definition) is 4. The highest BCUT2D eigenvalue weighted by Crippen LogP contribution is 2.25. The zero-order chi connectivity index (χ0) is 21.7. The quantitative estimate of drug-likeness (QED) is 0.756. The Morgan fingerprint density at radius 3 is 2.00 bits per heavy atom. The van der Waals surface area contributed by atoms with E-state index in [1.807, 2.05) is 0 Å². The summed E-state index contributed by atoms with van der Waals surface area (Å²) in [7, 11) is -3.65. The number of hydrogen-bond donors (Lipinski definition) is 2. The van der Waals surface area contributed by atoms with Gasteiger partial charge in [-0.1, -0.05) is 18.9 Å². The minimum atomic E-state index is -3.65. The Bertz CT molecular complexity index is 1020. The van der Waals surface area contributed by atoms with Crippen LogP contribution in [0.3, 0.4) is 0 Å². The summed E-state index contributed by atoms with van der Waals surface area (Å²) in [4.78, 5) is 24.0. The van der Waals surface area contributed by atoms with Gasteiger partial charge in [0.1, 0.15) is 0 Å². The molecule has 2 N–H and O–H groups in total. The van der Waals surface area contributed by atoms with E-state index in [0.717, 1.165) is 25.7 Å². The molecule has 2 amide bonds. The molecule has 3 rings (SSSR count). The number of nitrogens with zero attached hydrogens (tertiary/aromatic N) is 1. The molecule has 0 saturated carbocycles. The van der Waals surface area contributed by atoms with E-state index >= 15 is 0 Å². The van der Waals surface area contributed by atoms with Gasteiger partial charge >= 0.3 is 0 Å². The van der Waals surface area contributed by atoms with Gasteiger partial charge in [0.25, 0.3) is 5.91 Å². The molecule has 2 aromatic rings. The van der Waals surface area contributed by atoms with Gasteiger partial charge in [0.2, 0.25) is 15.9 Å². The first kappa shape index (κ1) is 22.0. The first-order valence-corrected chi connectivity index (χ1v) is 11.5. The van der Waals surface area contributed by atoms with Crippen molar-refractivity contribution in [2.24, 2.45) is 0 Å². The molecule has 1 aliphatic heterocycles. The average Bonchev–Trinajstić information content (AvgIpc) is 2.99. The Hall–Kier alpha value is -2.71. The van der Waals surface area contributed by atoms with Crippen molar-refractivity contribution in [2.75, 3.05) is 23.7 Å². The van der Waals surface area contributed by atoms with E-state index in [-0.39, 0.29) is 16.4 Å². The summed E-state index contributed by atoms with van der Waals surface area (Å²) >= 11 is 0. The van der Waals surface area contributed by atoms with E-state index < -0.39 is 15.9 Å². The number of benzene rings is 2. The standard InChI is InChI=1S/C22H27N3O4S/c1-16-7-8-18(15-21(16)30(28,29)25-13-5-3-4-6-14-25)22(27)24-20-11-9-19(10-12-20)23-17(2)26/h7-12,15H,3-6,13-14H2,1-2H3,(H,23,26)(H,24,27). The molecule has 1 fully saturated rings. The smallest absolute Gasteiger partial charge is 0.255 e. The molecule has 2 aromatic carbocycles. The molecule has 8 heteroatoms. The monoisotopic (exact) mass is 429 g/mol. The van der Waals surface area contributed by atoms with Crippen LogP contribution < -0.4 is 10.6 Å². The van der Waals surface area contributed by atoms with Crippen LogP contribution in [-0.4, -0.2) is 37.6 Å².